The smallest absolute Gasteiger partial charge is 0.136 e. The lowest BCUT2D eigenvalue weighted by atomic mass is 9.82. The fraction of sp³-hybridized carbons (Fsp3) is 0.0417. The van der Waals surface area contributed by atoms with Gasteiger partial charge in [0.15, 0.2) is 0 Å². The average molecular weight is 655 g/mol. The van der Waals surface area contributed by atoms with E-state index in [-0.39, 0.29) is 0 Å². The predicted octanol–water partition coefficient (Wildman–Crippen LogP) is 14.3. The maximum atomic E-state index is 6.27. The molecule has 0 fully saturated rings. The van der Waals surface area contributed by atoms with Crippen LogP contribution in [0.15, 0.2) is 162 Å². The van der Waals surface area contributed by atoms with Gasteiger partial charge in [0.2, 0.25) is 0 Å². The van der Waals surface area contributed by atoms with Gasteiger partial charge in [0.1, 0.15) is 11.2 Å². The largest absolute Gasteiger partial charge is 0.456 e. The number of para-hydroxylation sites is 1. The maximum Gasteiger partial charge on any atom is 0.136 e. The third kappa shape index (κ3) is 4.12. The molecule has 1 aliphatic carbocycles. The molecule has 10 aromatic rings. The molecule has 50 heavy (non-hydrogen) atoms. The number of furan rings is 1. The second kappa shape index (κ2) is 10.8. The van der Waals surface area contributed by atoms with E-state index in [1.807, 2.05) is 17.4 Å². The first kappa shape index (κ1) is 27.9. The van der Waals surface area contributed by atoms with Gasteiger partial charge in [0.25, 0.3) is 0 Å². The zero-order chi connectivity index (χ0) is 32.8. The van der Waals surface area contributed by atoms with Crippen LogP contribution in [0.25, 0.3) is 96.7 Å². The Morgan fingerprint density at radius 3 is 1.78 bits per heavy atom. The van der Waals surface area contributed by atoms with Crippen molar-refractivity contribution in [2.24, 2.45) is 0 Å². The van der Waals surface area contributed by atoms with Gasteiger partial charge in [-0.05, 0) is 115 Å². The van der Waals surface area contributed by atoms with Crippen molar-refractivity contribution >= 4 is 96.9 Å². The number of fused-ring (bicyclic) bond motifs is 10. The van der Waals surface area contributed by atoms with Crippen molar-refractivity contribution < 1.29 is 4.42 Å². The first-order valence-corrected chi connectivity index (χ1v) is 18.2. The first-order chi connectivity index (χ1) is 24.8. The molecule has 0 spiro atoms. The van der Waals surface area contributed by atoms with E-state index in [0.717, 1.165) is 24.0 Å². The minimum atomic E-state index is 0.936. The molecule has 2 aromatic heterocycles. The van der Waals surface area contributed by atoms with Crippen LogP contribution in [0.4, 0.5) is 0 Å². The molecule has 0 atom stereocenters. The minimum absolute atomic E-state index is 0.936. The van der Waals surface area contributed by atoms with E-state index >= 15 is 0 Å². The van der Waals surface area contributed by atoms with E-state index in [4.69, 9.17) is 4.42 Å². The molecule has 2 heteroatoms. The molecule has 0 N–H and O–H groups in total. The highest BCUT2D eigenvalue weighted by atomic mass is 32.1. The van der Waals surface area contributed by atoms with Crippen molar-refractivity contribution in [3.63, 3.8) is 0 Å². The van der Waals surface area contributed by atoms with Gasteiger partial charge in [0.05, 0.1) is 0 Å². The van der Waals surface area contributed by atoms with Gasteiger partial charge in [0, 0.05) is 30.9 Å². The molecular formula is C48H30OS. The van der Waals surface area contributed by atoms with Gasteiger partial charge in [-0.2, -0.15) is 0 Å². The number of benzene rings is 8. The second-order valence-electron chi connectivity index (χ2n) is 13.5. The van der Waals surface area contributed by atoms with Gasteiger partial charge in [-0.25, -0.2) is 0 Å². The average Bonchev–Trinajstić information content (AvgIpc) is 3.74. The lowest BCUT2D eigenvalue weighted by Crippen LogP contribution is -1.97. The summed E-state index contributed by atoms with van der Waals surface area (Å²) in [6.45, 7) is 0. The van der Waals surface area contributed by atoms with Crippen LogP contribution in [-0.4, -0.2) is 0 Å². The van der Waals surface area contributed by atoms with Crippen molar-refractivity contribution in [3.05, 3.63) is 169 Å². The number of thiophene rings is 1. The predicted molar refractivity (Wildman–Crippen MR) is 216 cm³/mol. The van der Waals surface area contributed by atoms with Crippen LogP contribution in [0.3, 0.4) is 0 Å². The topological polar surface area (TPSA) is 13.1 Å². The zero-order valence-corrected chi connectivity index (χ0v) is 28.1. The van der Waals surface area contributed by atoms with Crippen molar-refractivity contribution in [2.75, 3.05) is 0 Å². The normalized spacial score (nSPS) is 13.7. The van der Waals surface area contributed by atoms with E-state index in [1.54, 1.807) is 0 Å². The van der Waals surface area contributed by atoms with E-state index in [0.29, 0.717) is 0 Å². The molecule has 0 aliphatic heterocycles. The molecule has 234 valence electrons. The van der Waals surface area contributed by atoms with Gasteiger partial charge in [-0.15, -0.1) is 11.3 Å². The fourth-order valence-corrected chi connectivity index (χ4v) is 9.61. The summed E-state index contributed by atoms with van der Waals surface area (Å²) in [4.78, 5) is 0. The van der Waals surface area contributed by atoms with Crippen LogP contribution in [0.1, 0.15) is 24.0 Å². The van der Waals surface area contributed by atoms with Crippen LogP contribution in [-0.2, 0) is 0 Å². The quantitative estimate of drug-likeness (QED) is 0.173. The third-order valence-electron chi connectivity index (χ3n) is 10.8. The summed E-state index contributed by atoms with van der Waals surface area (Å²) < 4.78 is 8.90. The lowest BCUT2D eigenvalue weighted by molar-refractivity contribution is 0.669. The van der Waals surface area contributed by atoms with Crippen molar-refractivity contribution in [1.82, 2.24) is 0 Å². The van der Waals surface area contributed by atoms with Gasteiger partial charge in [-0.1, -0.05) is 121 Å². The lowest BCUT2D eigenvalue weighted by Gasteiger charge is -2.21. The molecular weight excluding hydrogens is 625 g/mol. The van der Waals surface area contributed by atoms with E-state index in [9.17, 15) is 0 Å². The molecule has 2 heterocycles. The molecule has 0 unspecified atom stereocenters. The second-order valence-corrected chi connectivity index (χ2v) is 14.6. The van der Waals surface area contributed by atoms with E-state index < -0.39 is 0 Å². The van der Waals surface area contributed by atoms with Crippen LogP contribution in [0.2, 0.25) is 0 Å². The molecule has 0 bridgehead atoms. The van der Waals surface area contributed by atoms with Crippen LogP contribution in [0.5, 0.6) is 0 Å². The number of hydrogen-bond acceptors (Lipinski definition) is 2. The summed E-state index contributed by atoms with van der Waals surface area (Å²) in [6.07, 6.45) is 6.77. The molecule has 11 rings (SSSR count). The standard InChI is InChI=1S/C48H30OS/c1-2-10-29(11-3-1)30-18-20-31(21-19-30)46-34-12-4-6-14-36(34)47(37-15-7-5-13-35(37)46)33-23-25-44-40(26-33)41-28-39-32(27-45(41)50-44)22-24-43-48(39)38-16-8-9-17-42(38)49-43/h1-18,20,22-28H,19,21H2. The maximum absolute atomic E-state index is 6.27. The summed E-state index contributed by atoms with van der Waals surface area (Å²) in [6, 6.07) is 53.5. The van der Waals surface area contributed by atoms with Crippen LogP contribution < -0.4 is 0 Å². The Labute approximate surface area is 293 Å². The van der Waals surface area contributed by atoms with Crippen LogP contribution in [0, 0.1) is 0 Å². The summed E-state index contributed by atoms with van der Waals surface area (Å²) in [5.74, 6) is 0. The molecule has 8 aromatic carbocycles. The fourth-order valence-electron chi connectivity index (χ4n) is 8.50. The van der Waals surface area contributed by atoms with Gasteiger partial charge < -0.3 is 4.42 Å². The molecule has 0 radical (unpaired) electrons. The zero-order valence-electron chi connectivity index (χ0n) is 27.2. The Balaban J connectivity index is 1.14. The Morgan fingerprint density at radius 2 is 1.04 bits per heavy atom. The van der Waals surface area contributed by atoms with Crippen molar-refractivity contribution in [2.45, 2.75) is 12.8 Å². The Hall–Kier alpha value is -5.96. The van der Waals surface area contributed by atoms with Crippen molar-refractivity contribution in [1.29, 1.82) is 0 Å². The van der Waals surface area contributed by atoms with E-state index in [2.05, 4.69) is 152 Å². The molecule has 1 nitrogen and oxygen atoms in total. The van der Waals surface area contributed by atoms with Gasteiger partial charge in [-0.3, -0.25) is 0 Å². The Kier molecular flexibility index (Phi) is 6.02. The summed E-state index contributed by atoms with van der Waals surface area (Å²) >= 11 is 1.88. The highest BCUT2D eigenvalue weighted by molar-refractivity contribution is 7.25. The van der Waals surface area contributed by atoms with E-state index in [1.165, 1.54) is 96.7 Å². The number of rotatable bonds is 3. The molecule has 0 amide bonds. The van der Waals surface area contributed by atoms with Gasteiger partial charge >= 0.3 is 0 Å². The van der Waals surface area contributed by atoms with Crippen LogP contribution >= 0.6 is 11.3 Å². The minimum Gasteiger partial charge on any atom is -0.456 e. The monoisotopic (exact) mass is 654 g/mol. The molecule has 0 saturated carbocycles. The summed E-state index contributed by atoms with van der Waals surface area (Å²) in [5.41, 5.74) is 9.95. The highest BCUT2D eigenvalue weighted by Gasteiger charge is 2.20. The SMILES string of the molecule is C1=C(c2ccccc2)CCC(c2c3ccccc3c(-c3ccc4sc5cc6ccc7oc8ccccc8c7c6cc5c4c3)c3ccccc23)=C1. The molecule has 0 saturated heterocycles. The Bertz CT molecular complexity index is 3020. The highest BCUT2D eigenvalue weighted by Crippen LogP contribution is 2.47. The third-order valence-corrected chi connectivity index (χ3v) is 11.9. The summed E-state index contributed by atoms with van der Waals surface area (Å²) in [5, 5.41) is 12.7. The van der Waals surface area contributed by atoms with Crippen molar-refractivity contribution in [3.8, 4) is 11.1 Å². The number of hydrogen-bond donors (Lipinski definition) is 0. The number of allylic oxidation sites excluding steroid dienone is 4. The summed E-state index contributed by atoms with van der Waals surface area (Å²) in [7, 11) is 0. The first-order valence-electron chi connectivity index (χ1n) is 17.4. The Morgan fingerprint density at radius 1 is 0.400 bits per heavy atom. The molecule has 1 aliphatic rings.